The number of aliphatic hydroxyl groups is 1. The van der Waals surface area contributed by atoms with Gasteiger partial charge in [-0.05, 0) is 17.7 Å². The van der Waals surface area contributed by atoms with Crippen molar-refractivity contribution < 1.29 is 14.2 Å². The summed E-state index contributed by atoms with van der Waals surface area (Å²) in [7, 11) is 1.39. The molecule has 5 nitrogen and oxygen atoms in total. The molecule has 1 unspecified atom stereocenters. The number of halogens is 1. The minimum atomic E-state index is -0.975. The summed E-state index contributed by atoms with van der Waals surface area (Å²) in [5.41, 5.74) is 1.68. The van der Waals surface area contributed by atoms with Crippen molar-refractivity contribution in [3.8, 4) is 5.75 Å². The van der Waals surface area contributed by atoms with Gasteiger partial charge in [-0.15, -0.1) is 0 Å². The molecule has 102 valence electrons. The Morgan fingerprint density at radius 3 is 2.95 bits per heavy atom. The molecular formula is C14H12FN3O2. The lowest BCUT2D eigenvalue weighted by atomic mass is 10.0. The number of fused-ring (bicyclic) bond motifs is 1. The van der Waals surface area contributed by atoms with E-state index in [9.17, 15) is 9.50 Å². The first-order valence-corrected chi connectivity index (χ1v) is 5.99. The zero-order valence-electron chi connectivity index (χ0n) is 10.7. The maximum absolute atomic E-state index is 13.7. The van der Waals surface area contributed by atoms with Crippen molar-refractivity contribution in [1.82, 2.24) is 14.6 Å². The van der Waals surface area contributed by atoms with Crippen molar-refractivity contribution >= 4 is 5.52 Å². The number of ether oxygens (including phenoxy) is 1. The van der Waals surface area contributed by atoms with Gasteiger partial charge in [0.1, 0.15) is 6.10 Å². The molecule has 0 bridgehead atoms. The molecular weight excluding hydrogens is 261 g/mol. The summed E-state index contributed by atoms with van der Waals surface area (Å²) >= 11 is 0. The second-order valence-electron chi connectivity index (χ2n) is 4.30. The summed E-state index contributed by atoms with van der Waals surface area (Å²) in [6.45, 7) is 0. The lowest BCUT2D eigenvalue weighted by molar-refractivity contribution is 0.221. The number of aromatic nitrogens is 3. The Hall–Kier alpha value is -2.47. The first-order valence-electron chi connectivity index (χ1n) is 5.99. The lowest BCUT2D eigenvalue weighted by Crippen LogP contribution is -2.01. The summed E-state index contributed by atoms with van der Waals surface area (Å²) < 4.78 is 20.2. The molecule has 0 aliphatic heterocycles. The molecule has 0 radical (unpaired) electrons. The number of nitrogens with zero attached hydrogens (tertiary/aromatic N) is 3. The zero-order chi connectivity index (χ0) is 14.1. The standard InChI is InChI=1S/C14H12FN3O2/c1-20-13-3-2-9(6-11(13)15)14(19)10-7-17-18-5-4-16-8-12(10)18/h2-8,14,19H,1H3. The Labute approximate surface area is 114 Å². The van der Waals surface area contributed by atoms with Crippen molar-refractivity contribution in [1.29, 1.82) is 0 Å². The SMILES string of the molecule is COc1ccc(C(O)c2cnn3ccncc23)cc1F. The van der Waals surface area contributed by atoms with Gasteiger partial charge in [-0.25, -0.2) is 8.91 Å². The highest BCUT2D eigenvalue weighted by Gasteiger charge is 2.17. The van der Waals surface area contributed by atoms with Crippen LogP contribution in [0.5, 0.6) is 5.75 Å². The van der Waals surface area contributed by atoms with Gasteiger partial charge in [-0.3, -0.25) is 4.98 Å². The molecule has 3 rings (SSSR count). The number of methoxy groups -OCH3 is 1. The van der Waals surface area contributed by atoms with E-state index >= 15 is 0 Å². The van der Waals surface area contributed by atoms with E-state index in [1.807, 2.05) is 0 Å². The van der Waals surface area contributed by atoms with Gasteiger partial charge in [0.05, 0.1) is 25.0 Å². The monoisotopic (exact) mass is 273 g/mol. The molecule has 0 saturated heterocycles. The maximum atomic E-state index is 13.7. The van der Waals surface area contributed by atoms with Gasteiger partial charge in [0.15, 0.2) is 11.6 Å². The van der Waals surface area contributed by atoms with E-state index in [1.54, 1.807) is 35.4 Å². The van der Waals surface area contributed by atoms with Crippen LogP contribution in [0.25, 0.3) is 5.52 Å². The molecule has 1 N–H and O–H groups in total. The summed E-state index contributed by atoms with van der Waals surface area (Å²) in [5.74, 6) is -0.374. The molecule has 1 aromatic carbocycles. The van der Waals surface area contributed by atoms with E-state index in [1.165, 1.54) is 19.2 Å². The molecule has 0 amide bonds. The van der Waals surface area contributed by atoms with Gasteiger partial charge < -0.3 is 9.84 Å². The molecule has 2 heterocycles. The molecule has 6 heteroatoms. The molecule has 0 aliphatic carbocycles. The number of aliphatic hydroxyl groups excluding tert-OH is 1. The Morgan fingerprint density at radius 1 is 1.35 bits per heavy atom. The Morgan fingerprint density at radius 2 is 2.20 bits per heavy atom. The lowest BCUT2D eigenvalue weighted by Gasteiger charge is -2.11. The third-order valence-electron chi connectivity index (χ3n) is 3.14. The van der Waals surface area contributed by atoms with Gasteiger partial charge in [0.25, 0.3) is 0 Å². The van der Waals surface area contributed by atoms with Crippen LogP contribution < -0.4 is 4.74 Å². The van der Waals surface area contributed by atoms with Crippen LogP contribution in [0, 0.1) is 5.82 Å². The normalized spacial score (nSPS) is 12.6. The predicted octanol–water partition coefficient (Wildman–Crippen LogP) is 1.96. The topological polar surface area (TPSA) is 59.7 Å². The number of benzene rings is 1. The van der Waals surface area contributed by atoms with E-state index in [-0.39, 0.29) is 5.75 Å². The van der Waals surface area contributed by atoms with Crippen molar-refractivity contribution in [2.75, 3.05) is 7.11 Å². The van der Waals surface area contributed by atoms with Gasteiger partial charge in [-0.1, -0.05) is 6.07 Å². The molecule has 0 fully saturated rings. The van der Waals surface area contributed by atoms with Crippen LogP contribution in [0.1, 0.15) is 17.2 Å². The van der Waals surface area contributed by atoms with E-state index in [2.05, 4.69) is 10.1 Å². The van der Waals surface area contributed by atoms with Crippen LogP contribution in [0.3, 0.4) is 0 Å². The van der Waals surface area contributed by atoms with Crippen molar-refractivity contribution in [3.63, 3.8) is 0 Å². The van der Waals surface area contributed by atoms with Crippen molar-refractivity contribution in [2.24, 2.45) is 0 Å². The van der Waals surface area contributed by atoms with E-state index in [4.69, 9.17) is 4.74 Å². The largest absolute Gasteiger partial charge is 0.494 e. The zero-order valence-corrected chi connectivity index (χ0v) is 10.7. The fourth-order valence-electron chi connectivity index (χ4n) is 2.10. The fourth-order valence-corrected chi connectivity index (χ4v) is 2.10. The molecule has 0 spiro atoms. The molecule has 20 heavy (non-hydrogen) atoms. The summed E-state index contributed by atoms with van der Waals surface area (Å²) in [4.78, 5) is 4.00. The van der Waals surface area contributed by atoms with Crippen LogP contribution in [0.15, 0.2) is 43.0 Å². The first-order chi connectivity index (χ1) is 9.70. The molecule has 2 aromatic heterocycles. The minimum absolute atomic E-state index is 0.141. The van der Waals surface area contributed by atoms with Gasteiger partial charge in [0, 0.05) is 18.0 Å². The second kappa shape index (κ2) is 4.90. The third kappa shape index (κ3) is 2.00. The number of hydrogen-bond acceptors (Lipinski definition) is 4. The minimum Gasteiger partial charge on any atom is -0.494 e. The Kier molecular flexibility index (Phi) is 3.08. The fraction of sp³-hybridized carbons (Fsp3) is 0.143. The highest BCUT2D eigenvalue weighted by Crippen LogP contribution is 2.28. The third-order valence-corrected chi connectivity index (χ3v) is 3.14. The summed E-state index contributed by atoms with van der Waals surface area (Å²) in [6.07, 6.45) is 5.45. The van der Waals surface area contributed by atoms with Crippen molar-refractivity contribution in [3.05, 3.63) is 59.9 Å². The number of rotatable bonds is 3. The average molecular weight is 273 g/mol. The highest BCUT2D eigenvalue weighted by molar-refractivity contribution is 5.55. The van der Waals surface area contributed by atoms with Crippen LogP contribution in [-0.4, -0.2) is 26.8 Å². The number of hydrogen-bond donors (Lipinski definition) is 1. The van der Waals surface area contributed by atoms with Crippen LogP contribution in [-0.2, 0) is 0 Å². The van der Waals surface area contributed by atoms with Gasteiger partial charge >= 0.3 is 0 Å². The first kappa shape index (κ1) is 12.6. The van der Waals surface area contributed by atoms with Gasteiger partial charge in [0.2, 0.25) is 0 Å². The van der Waals surface area contributed by atoms with Crippen LogP contribution in [0.2, 0.25) is 0 Å². The maximum Gasteiger partial charge on any atom is 0.165 e. The van der Waals surface area contributed by atoms with E-state index < -0.39 is 11.9 Å². The molecule has 3 aromatic rings. The smallest absolute Gasteiger partial charge is 0.165 e. The van der Waals surface area contributed by atoms with Crippen molar-refractivity contribution in [2.45, 2.75) is 6.10 Å². The predicted molar refractivity (Wildman–Crippen MR) is 70.0 cm³/mol. The highest BCUT2D eigenvalue weighted by atomic mass is 19.1. The van der Waals surface area contributed by atoms with E-state index in [0.717, 1.165) is 0 Å². The summed E-state index contributed by atoms with van der Waals surface area (Å²) in [5, 5.41) is 14.5. The molecule has 0 aliphatic rings. The molecule has 1 atom stereocenters. The van der Waals surface area contributed by atoms with Crippen LogP contribution >= 0.6 is 0 Å². The Bertz CT molecular complexity index is 757. The average Bonchev–Trinajstić information content (AvgIpc) is 2.90. The van der Waals surface area contributed by atoms with E-state index in [0.29, 0.717) is 16.6 Å². The second-order valence-corrected chi connectivity index (χ2v) is 4.30. The van der Waals surface area contributed by atoms with Gasteiger partial charge in [-0.2, -0.15) is 5.10 Å². The van der Waals surface area contributed by atoms with Crippen LogP contribution in [0.4, 0.5) is 4.39 Å². The molecule has 0 saturated carbocycles. The quantitative estimate of drug-likeness (QED) is 0.792. The summed E-state index contributed by atoms with van der Waals surface area (Å²) in [6, 6.07) is 4.35. The Balaban J connectivity index is 2.04.